The van der Waals surface area contributed by atoms with Crippen molar-refractivity contribution in [2.45, 2.75) is 26.0 Å². The third-order valence-electron chi connectivity index (χ3n) is 4.02. The van der Waals surface area contributed by atoms with E-state index in [4.69, 9.17) is 9.26 Å². The lowest BCUT2D eigenvalue weighted by Crippen LogP contribution is -2.31. The minimum atomic E-state index is -0.149. The standard InChI is InChI=1S/C15H22N6O2/c1-12(22-2)15-18-14(23-19-15)11-20-6-3-7-21(9-8-20)13-10-16-4-5-17-13/h4-5,10,12H,3,6-9,11H2,1-2H3. The quantitative estimate of drug-likeness (QED) is 0.815. The van der Waals surface area contributed by atoms with Gasteiger partial charge in [-0.05, 0) is 13.3 Å². The summed E-state index contributed by atoms with van der Waals surface area (Å²) in [6, 6.07) is 0. The van der Waals surface area contributed by atoms with Crippen molar-refractivity contribution in [2.75, 3.05) is 38.2 Å². The zero-order valence-corrected chi connectivity index (χ0v) is 13.6. The minimum Gasteiger partial charge on any atom is -0.374 e. The molecule has 0 saturated carbocycles. The molecule has 0 aliphatic carbocycles. The molecule has 0 bridgehead atoms. The molecule has 8 nitrogen and oxygen atoms in total. The normalized spacial score (nSPS) is 17.9. The van der Waals surface area contributed by atoms with Crippen molar-refractivity contribution in [3.8, 4) is 0 Å². The Bertz CT molecular complexity index is 605. The lowest BCUT2D eigenvalue weighted by atomic mass is 10.3. The van der Waals surface area contributed by atoms with E-state index >= 15 is 0 Å². The molecule has 0 N–H and O–H groups in total. The van der Waals surface area contributed by atoms with Crippen molar-refractivity contribution in [1.29, 1.82) is 0 Å². The van der Waals surface area contributed by atoms with E-state index in [2.05, 4.69) is 29.9 Å². The van der Waals surface area contributed by atoms with Gasteiger partial charge in [0.15, 0.2) is 5.82 Å². The summed E-state index contributed by atoms with van der Waals surface area (Å²) in [4.78, 5) is 17.5. The van der Waals surface area contributed by atoms with Gasteiger partial charge >= 0.3 is 0 Å². The van der Waals surface area contributed by atoms with Crippen LogP contribution in [-0.4, -0.2) is 58.3 Å². The largest absolute Gasteiger partial charge is 0.374 e. The molecule has 124 valence electrons. The first-order valence-corrected chi connectivity index (χ1v) is 7.85. The molecular formula is C15H22N6O2. The Hall–Kier alpha value is -2.06. The van der Waals surface area contributed by atoms with Crippen molar-refractivity contribution >= 4 is 5.82 Å². The van der Waals surface area contributed by atoms with E-state index in [9.17, 15) is 0 Å². The van der Waals surface area contributed by atoms with Gasteiger partial charge in [-0.3, -0.25) is 9.88 Å². The Kier molecular flexibility index (Phi) is 5.14. The van der Waals surface area contributed by atoms with E-state index in [0.717, 1.165) is 38.4 Å². The topological polar surface area (TPSA) is 80.4 Å². The molecule has 0 radical (unpaired) electrons. The van der Waals surface area contributed by atoms with Crippen LogP contribution in [0.5, 0.6) is 0 Å². The van der Waals surface area contributed by atoms with Gasteiger partial charge in [-0.2, -0.15) is 4.98 Å². The summed E-state index contributed by atoms with van der Waals surface area (Å²) in [6.45, 7) is 6.37. The minimum absolute atomic E-state index is 0.149. The molecule has 2 aromatic rings. The molecule has 1 saturated heterocycles. The number of hydrogen-bond donors (Lipinski definition) is 0. The lowest BCUT2D eigenvalue weighted by Gasteiger charge is -2.21. The Morgan fingerprint density at radius 1 is 1.26 bits per heavy atom. The average molecular weight is 318 g/mol. The van der Waals surface area contributed by atoms with Gasteiger partial charge in [0.1, 0.15) is 11.9 Å². The summed E-state index contributed by atoms with van der Waals surface area (Å²) >= 11 is 0. The third kappa shape index (κ3) is 4.02. The zero-order valence-electron chi connectivity index (χ0n) is 13.6. The highest BCUT2D eigenvalue weighted by Gasteiger charge is 2.19. The SMILES string of the molecule is COC(C)c1noc(CN2CCCN(c3cnccn3)CC2)n1. The van der Waals surface area contributed by atoms with E-state index in [-0.39, 0.29) is 6.10 Å². The summed E-state index contributed by atoms with van der Waals surface area (Å²) in [5, 5.41) is 3.97. The molecule has 1 atom stereocenters. The summed E-state index contributed by atoms with van der Waals surface area (Å²) in [6.07, 6.45) is 6.15. The first kappa shape index (κ1) is 15.8. The Morgan fingerprint density at radius 2 is 2.17 bits per heavy atom. The Morgan fingerprint density at radius 3 is 2.96 bits per heavy atom. The van der Waals surface area contributed by atoms with Gasteiger partial charge in [0, 0.05) is 45.7 Å². The number of ether oxygens (including phenoxy) is 1. The van der Waals surface area contributed by atoms with Gasteiger partial charge < -0.3 is 14.2 Å². The molecule has 0 spiro atoms. The summed E-state index contributed by atoms with van der Waals surface area (Å²) in [5.41, 5.74) is 0. The maximum absolute atomic E-state index is 5.32. The zero-order chi connectivity index (χ0) is 16.1. The number of aromatic nitrogens is 4. The molecule has 3 rings (SSSR count). The molecule has 1 aliphatic heterocycles. The van der Waals surface area contributed by atoms with Crippen LogP contribution in [0.15, 0.2) is 23.1 Å². The molecule has 3 heterocycles. The van der Waals surface area contributed by atoms with Crippen LogP contribution < -0.4 is 4.90 Å². The van der Waals surface area contributed by atoms with Gasteiger partial charge in [0.2, 0.25) is 5.89 Å². The van der Waals surface area contributed by atoms with Crippen LogP contribution >= 0.6 is 0 Å². The molecule has 1 aliphatic rings. The Labute approximate surface area is 135 Å². The predicted molar refractivity (Wildman–Crippen MR) is 83.9 cm³/mol. The van der Waals surface area contributed by atoms with Crippen LogP contribution in [0.4, 0.5) is 5.82 Å². The van der Waals surface area contributed by atoms with E-state index in [0.29, 0.717) is 18.3 Å². The second kappa shape index (κ2) is 7.47. The first-order chi connectivity index (χ1) is 11.3. The smallest absolute Gasteiger partial charge is 0.240 e. The van der Waals surface area contributed by atoms with Crippen molar-refractivity contribution in [3.05, 3.63) is 30.3 Å². The molecule has 1 fully saturated rings. The van der Waals surface area contributed by atoms with Crippen molar-refractivity contribution in [2.24, 2.45) is 0 Å². The van der Waals surface area contributed by atoms with Crippen molar-refractivity contribution in [3.63, 3.8) is 0 Å². The highest BCUT2D eigenvalue weighted by Crippen LogP contribution is 2.15. The van der Waals surface area contributed by atoms with E-state index in [1.165, 1.54) is 0 Å². The van der Waals surface area contributed by atoms with Crippen LogP contribution in [0.3, 0.4) is 0 Å². The van der Waals surface area contributed by atoms with E-state index < -0.39 is 0 Å². The molecule has 0 aromatic carbocycles. The third-order valence-corrected chi connectivity index (χ3v) is 4.02. The summed E-state index contributed by atoms with van der Waals surface area (Å²) in [7, 11) is 1.64. The van der Waals surface area contributed by atoms with Gasteiger partial charge in [-0.15, -0.1) is 0 Å². The fourth-order valence-corrected chi connectivity index (χ4v) is 2.61. The van der Waals surface area contributed by atoms with Gasteiger partial charge in [-0.25, -0.2) is 4.98 Å². The van der Waals surface area contributed by atoms with Gasteiger partial charge in [-0.1, -0.05) is 5.16 Å². The van der Waals surface area contributed by atoms with Crippen LogP contribution in [0.2, 0.25) is 0 Å². The maximum Gasteiger partial charge on any atom is 0.240 e. The van der Waals surface area contributed by atoms with E-state index in [1.807, 2.05) is 13.1 Å². The second-order valence-corrected chi connectivity index (χ2v) is 5.60. The maximum atomic E-state index is 5.32. The Balaban J connectivity index is 1.57. The van der Waals surface area contributed by atoms with Crippen molar-refractivity contribution in [1.82, 2.24) is 25.0 Å². The first-order valence-electron chi connectivity index (χ1n) is 7.85. The highest BCUT2D eigenvalue weighted by molar-refractivity contribution is 5.35. The number of methoxy groups -OCH3 is 1. The fraction of sp³-hybridized carbons (Fsp3) is 0.600. The second-order valence-electron chi connectivity index (χ2n) is 5.60. The summed E-state index contributed by atoms with van der Waals surface area (Å²) < 4.78 is 10.5. The molecule has 2 aromatic heterocycles. The van der Waals surface area contributed by atoms with Crippen LogP contribution in [0.25, 0.3) is 0 Å². The molecule has 0 amide bonds. The number of nitrogens with zero attached hydrogens (tertiary/aromatic N) is 6. The molecular weight excluding hydrogens is 296 g/mol. The van der Waals surface area contributed by atoms with Crippen LogP contribution in [0.1, 0.15) is 31.2 Å². The van der Waals surface area contributed by atoms with Crippen LogP contribution in [-0.2, 0) is 11.3 Å². The van der Waals surface area contributed by atoms with Crippen molar-refractivity contribution < 1.29 is 9.26 Å². The van der Waals surface area contributed by atoms with Crippen LogP contribution in [0, 0.1) is 0 Å². The highest BCUT2D eigenvalue weighted by atomic mass is 16.5. The van der Waals surface area contributed by atoms with Gasteiger partial charge in [0.25, 0.3) is 0 Å². The predicted octanol–water partition coefficient (Wildman–Crippen LogP) is 1.28. The number of rotatable bonds is 5. The molecule has 8 heteroatoms. The lowest BCUT2D eigenvalue weighted by molar-refractivity contribution is 0.109. The average Bonchev–Trinajstić information content (AvgIpc) is 2.93. The number of hydrogen-bond acceptors (Lipinski definition) is 8. The van der Waals surface area contributed by atoms with E-state index in [1.54, 1.807) is 19.5 Å². The molecule has 1 unspecified atom stereocenters. The van der Waals surface area contributed by atoms with Gasteiger partial charge in [0.05, 0.1) is 12.7 Å². The number of anilines is 1. The fourth-order valence-electron chi connectivity index (χ4n) is 2.61. The summed E-state index contributed by atoms with van der Waals surface area (Å²) in [5.74, 6) is 2.17. The monoisotopic (exact) mass is 318 g/mol. The molecule has 23 heavy (non-hydrogen) atoms.